The van der Waals surface area contributed by atoms with Gasteiger partial charge >= 0.3 is 0 Å². The van der Waals surface area contributed by atoms with E-state index in [0.29, 0.717) is 0 Å². The smallest absolute Gasteiger partial charge is 0.242 e. The van der Waals surface area contributed by atoms with Gasteiger partial charge in [0.05, 0.1) is 11.7 Å². The highest BCUT2D eigenvalue weighted by Crippen LogP contribution is 2.22. The van der Waals surface area contributed by atoms with Crippen LogP contribution in [0.15, 0.2) is 55.0 Å². The van der Waals surface area contributed by atoms with Crippen LogP contribution >= 0.6 is 0 Å². The Hall–Kier alpha value is -3.02. The predicted octanol–water partition coefficient (Wildman–Crippen LogP) is 3.01. The third-order valence-corrected chi connectivity index (χ3v) is 4.19. The molecule has 3 rings (SSSR count). The third-order valence-electron chi connectivity index (χ3n) is 4.19. The van der Waals surface area contributed by atoms with Crippen molar-refractivity contribution in [1.82, 2.24) is 25.3 Å². The summed E-state index contributed by atoms with van der Waals surface area (Å²) in [6.07, 6.45) is 5.31. The van der Waals surface area contributed by atoms with Crippen molar-refractivity contribution >= 4 is 5.91 Å². The second-order valence-electron chi connectivity index (χ2n) is 6.69. The molecule has 0 aliphatic rings. The minimum absolute atomic E-state index is 0.125. The number of nitrogens with zero attached hydrogens (tertiary/aromatic N) is 4. The van der Waals surface area contributed by atoms with E-state index in [2.05, 4.69) is 20.6 Å². The van der Waals surface area contributed by atoms with Gasteiger partial charge in [-0.2, -0.15) is 0 Å². The number of aryl methyl sites for hydroxylation is 1. The summed E-state index contributed by atoms with van der Waals surface area (Å²) in [5, 5.41) is 11.2. The number of pyridine rings is 1. The normalized spacial score (nSPS) is 12.2. The number of carbonyl (C=O) groups excluding carboxylic acids is 1. The van der Waals surface area contributed by atoms with Crippen LogP contribution < -0.4 is 5.32 Å². The number of hydrogen-bond acceptors (Lipinski definition) is 4. The van der Waals surface area contributed by atoms with Crippen LogP contribution in [0.25, 0.3) is 0 Å². The fourth-order valence-corrected chi connectivity index (χ4v) is 2.67. The van der Waals surface area contributed by atoms with Gasteiger partial charge in [-0.15, -0.1) is 5.10 Å². The van der Waals surface area contributed by atoms with Crippen molar-refractivity contribution in [3.05, 3.63) is 77.4 Å². The summed E-state index contributed by atoms with van der Waals surface area (Å²) in [7, 11) is 0. The predicted molar refractivity (Wildman–Crippen MR) is 99.5 cm³/mol. The molecule has 1 amide bonds. The summed E-state index contributed by atoms with van der Waals surface area (Å²) in [5.41, 5.74) is 4.00. The van der Waals surface area contributed by atoms with Crippen molar-refractivity contribution in [2.24, 2.45) is 0 Å². The van der Waals surface area contributed by atoms with E-state index in [1.165, 1.54) is 5.56 Å². The molecule has 6 nitrogen and oxygen atoms in total. The molecule has 134 valence electrons. The molecule has 0 fully saturated rings. The molecule has 0 saturated heterocycles. The number of carbonyl (C=O) groups is 1. The van der Waals surface area contributed by atoms with Gasteiger partial charge < -0.3 is 5.32 Å². The highest BCUT2D eigenvalue weighted by molar-refractivity contribution is 5.76. The molecule has 2 aromatic heterocycles. The lowest BCUT2D eigenvalue weighted by Crippen LogP contribution is -2.32. The number of aromatic nitrogens is 4. The molecule has 0 aliphatic heterocycles. The zero-order chi connectivity index (χ0) is 18.5. The van der Waals surface area contributed by atoms with E-state index in [4.69, 9.17) is 0 Å². The summed E-state index contributed by atoms with van der Waals surface area (Å²) >= 11 is 0. The average Bonchev–Trinajstić information content (AvgIpc) is 3.10. The number of rotatable bonds is 6. The van der Waals surface area contributed by atoms with Gasteiger partial charge in [0.2, 0.25) is 5.91 Å². The Morgan fingerprint density at radius 1 is 1.15 bits per heavy atom. The first-order chi connectivity index (χ1) is 12.5. The Labute approximate surface area is 153 Å². The maximum absolute atomic E-state index is 12.6. The van der Waals surface area contributed by atoms with Crippen molar-refractivity contribution in [1.29, 1.82) is 0 Å². The Morgan fingerprint density at radius 2 is 1.92 bits per heavy atom. The van der Waals surface area contributed by atoms with Crippen molar-refractivity contribution < 1.29 is 4.79 Å². The van der Waals surface area contributed by atoms with Crippen LogP contribution in [0.5, 0.6) is 0 Å². The molecular weight excluding hydrogens is 326 g/mol. The van der Waals surface area contributed by atoms with Gasteiger partial charge in [0.1, 0.15) is 6.54 Å². The average molecular weight is 349 g/mol. The fraction of sp³-hybridized carbons (Fsp3) is 0.300. The van der Waals surface area contributed by atoms with Gasteiger partial charge in [-0.05, 0) is 30.0 Å². The largest absolute Gasteiger partial charge is 0.344 e. The first-order valence-electron chi connectivity index (χ1n) is 8.69. The lowest BCUT2D eigenvalue weighted by atomic mass is 9.99. The molecule has 2 heterocycles. The van der Waals surface area contributed by atoms with Crippen molar-refractivity contribution in [3.8, 4) is 0 Å². The maximum Gasteiger partial charge on any atom is 0.242 e. The van der Waals surface area contributed by atoms with Gasteiger partial charge in [-0.1, -0.05) is 55.0 Å². The molecule has 0 bridgehead atoms. The molecule has 26 heavy (non-hydrogen) atoms. The van der Waals surface area contributed by atoms with Crippen LogP contribution in [0.2, 0.25) is 0 Å². The Kier molecular flexibility index (Phi) is 5.41. The van der Waals surface area contributed by atoms with Gasteiger partial charge in [0.15, 0.2) is 0 Å². The van der Waals surface area contributed by atoms with Crippen LogP contribution in [0, 0.1) is 6.92 Å². The second kappa shape index (κ2) is 7.91. The van der Waals surface area contributed by atoms with E-state index in [1.807, 2.05) is 63.4 Å². The molecule has 0 unspecified atom stereocenters. The van der Waals surface area contributed by atoms with Gasteiger partial charge in [-0.25, -0.2) is 4.68 Å². The third kappa shape index (κ3) is 4.33. The van der Waals surface area contributed by atoms with Gasteiger partial charge in [-0.3, -0.25) is 9.78 Å². The minimum atomic E-state index is -0.259. The number of hydrogen-bond donors (Lipinski definition) is 1. The molecule has 3 aromatic rings. The lowest BCUT2D eigenvalue weighted by molar-refractivity contribution is -0.122. The van der Waals surface area contributed by atoms with Crippen LogP contribution in [0.3, 0.4) is 0 Å². The fourth-order valence-electron chi connectivity index (χ4n) is 2.67. The zero-order valence-electron chi connectivity index (χ0n) is 15.3. The lowest BCUT2D eigenvalue weighted by Gasteiger charge is -2.19. The van der Waals surface area contributed by atoms with Crippen molar-refractivity contribution in [3.63, 3.8) is 0 Å². The van der Waals surface area contributed by atoms with Crippen LogP contribution in [-0.2, 0) is 11.3 Å². The second-order valence-corrected chi connectivity index (χ2v) is 6.69. The van der Waals surface area contributed by atoms with Crippen molar-refractivity contribution in [2.45, 2.75) is 39.3 Å². The number of amides is 1. The zero-order valence-corrected chi connectivity index (χ0v) is 15.3. The van der Waals surface area contributed by atoms with Crippen LogP contribution in [0.1, 0.15) is 48.2 Å². The summed E-state index contributed by atoms with van der Waals surface area (Å²) in [6, 6.07) is 11.7. The molecule has 1 atom stereocenters. The summed E-state index contributed by atoms with van der Waals surface area (Å²) in [6.45, 7) is 6.26. The molecule has 1 aromatic carbocycles. The standard InChI is InChI=1S/C20H23N5O/c1-14(2)18-12-25(24-23-18)13-19(26)22-20(17-5-4-10-21-11-17)16-8-6-15(3)7-9-16/h4-12,14,20H,13H2,1-3H3,(H,22,26)/t20-/m1/s1. The molecule has 0 saturated carbocycles. The van der Waals surface area contributed by atoms with Crippen molar-refractivity contribution in [2.75, 3.05) is 0 Å². The summed E-state index contributed by atoms with van der Waals surface area (Å²) in [4.78, 5) is 16.8. The first-order valence-corrected chi connectivity index (χ1v) is 8.69. The van der Waals surface area contributed by atoms with E-state index in [1.54, 1.807) is 17.1 Å². The summed E-state index contributed by atoms with van der Waals surface area (Å²) < 4.78 is 1.57. The summed E-state index contributed by atoms with van der Waals surface area (Å²) in [5.74, 6) is 0.155. The minimum Gasteiger partial charge on any atom is -0.344 e. The topological polar surface area (TPSA) is 72.7 Å². The molecule has 6 heteroatoms. The molecular formula is C20H23N5O. The van der Waals surface area contributed by atoms with E-state index in [-0.39, 0.29) is 24.4 Å². The number of nitrogens with one attached hydrogen (secondary N) is 1. The van der Waals surface area contributed by atoms with E-state index in [0.717, 1.165) is 16.8 Å². The van der Waals surface area contributed by atoms with E-state index >= 15 is 0 Å². The Bertz CT molecular complexity index is 855. The Balaban J connectivity index is 1.78. The highest BCUT2D eigenvalue weighted by Gasteiger charge is 2.18. The first kappa shape index (κ1) is 17.8. The molecule has 0 aliphatic carbocycles. The maximum atomic E-state index is 12.6. The monoisotopic (exact) mass is 349 g/mol. The quantitative estimate of drug-likeness (QED) is 0.742. The van der Waals surface area contributed by atoms with Crippen LogP contribution in [-0.4, -0.2) is 25.9 Å². The number of benzene rings is 1. The highest BCUT2D eigenvalue weighted by atomic mass is 16.2. The SMILES string of the molecule is Cc1ccc([C@@H](NC(=O)Cn2cc(C(C)C)nn2)c2cccnc2)cc1. The molecule has 0 spiro atoms. The van der Waals surface area contributed by atoms with Gasteiger partial charge in [0, 0.05) is 18.6 Å². The molecule has 0 radical (unpaired) electrons. The van der Waals surface area contributed by atoms with Gasteiger partial charge in [0.25, 0.3) is 0 Å². The van der Waals surface area contributed by atoms with E-state index in [9.17, 15) is 4.79 Å². The Morgan fingerprint density at radius 3 is 2.54 bits per heavy atom. The van der Waals surface area contributed by atoms with Crippen LogP contribution in [0.4, 0.5) is 0 Å². The molecule has 1 N–H and O–H groups in total. The van der Waals surface area contributed by atoms with E-state index < -0.39 is 0 Å².